The van der Waals surface area contributed by atoms with Crippen LogP contribution in [0.3, 0.4) is 0 Å². The summed E-state index contributed by atoms with van der Waals surface area (Å²) in [5.41, 5.74) is 0. The number of alkyl halides is 2. The van der Waals surface area contributed by atoms with Crippen LogP contribution in [0.2, 0.25) is 0 Å². The Morgan fingerprint density at radius 2 is 1.86 bits per heavy atom. The number of carbonyl (C=O) groups is 2. The molecule has 1 saturated carbocycles. The van der Waals surface area contributed by atoms with Gasteiger partial charge >= 0.3 is 0 Å². The smallest absolute Gasteiger partial charge is 0.262 e. The van der Waals surface area contributed by atoms with Crippen LogP contribution in [0.1, 0.15) is 38.5 Å². The third kappa shape index (κ3) is 5.74. The van der Waals surface area contributed by atoms with Crippen molar-refractivity contribution in [3.63, 3.8) is 0 Å². The molecule has 1 unspecified atom stereocenters. The standard InChI is InChI=1S/C13H21F2N3O2.ClH/c14-13(15)6-10(17-8-13)12(20)16-7-11(19)18-9-4-2-1-3-5-9;/h9-10,17H,1-8H2,(H,16,20)(H,18,19);1H. The Kier molecular flexibility index (Phi) is 6.80. The molecule has 122 valence electrons. The molecule has 1 heterocycles. The molecule has 1 aliphatic heterocycles. The molecule has 0 aromatic heterocycles. The maximum atomic E-state index is 12.9. The van der Waals surface area contributed by atoms with Crippen molar-refractivity contribution in [2.45, 2.75) is 56.5 Å². The third-order valence-electron chi connectivity index (χ3n) is 3.82. The number of rotatable bonds is 4. The Hall–Kier alpha value is -0.950. The lowest BCUT2D eigenvalue weighted by molar-refractivity contribution is -0.127. The Morgan fingerprint density at radius 1 is 1.19 bits per heavy atom. The molecule has 8 heteroatoms. The Labute approximate surface area is 129 Å². The number of hydrogen-bond acceptors (Lipinski definition) is 3. The number of carbonyl (C=O) groups excluding carboxylic acids is 2. The van der Waals surface area contributed by atoms with Gasteiger partial charge in [0.05, 0.1) is 19.1 Å². The maximum absolute atomic E-state index is 12.9. The summed E-state index contributed by atoms with van der Waals surface area (Å²) in [5, 5.41) is 7.72. The van der Waals surface area contributed by atoms with Crippen LogP contribution in [-0.2, 0) is 9.59 Å². The first-order valence-electron chi connectivity index (χ1n) is 7.14. The van der Waals surface area contributed by atoms with Gasteiger partial charge in [0.15, 0.2) is 0 Å². The zero-order chi connectivity index (χ0) is 14.6. The summed E-state index contributed by atoms with van der Waals surface area (Å²) in [6.45, 7) is -0.640. The lowest BCUT2D eigenvalue weighted by Crippen LogP contribution is -2.46. The predicted molar refractivity (Wildman–Crippen MR) is 76.6 cm³/mol. The van der Waals surface area contributed by atoms with E-state index in [1.54, 1.807) is 0 Å². The summed E-state index contributed by atoms with van der Waals surface area (Å²) in [6, 6.07) is -0.727. The van der Waals surface area contributed by atoms with Crippen LogP contribution in [0.4, 0.5) is 8.78 Å². The van der Waals surface area contributed by atoms with Crippen LogP contribution < -0.4 is 16.0 Å². The van der Waals surface area contributed by atoms with Gasteiger partial charge in [0.1, 0.15) is 0 Å². The molecule has 2 rings (SSSR count). The van der Waals surface area contributed by atoms with Crippen molar-refractivity contribution < 1.29 is 18.4 Å². The van der Waals surface area contributed by atoms with Crippen molar-refractivity contribution in [3.05, 3.63) is 0 Å². The summed E-state index contributed by atoms with van der Waals surface area (Å²) in [7, 11) is 0. The van der Waals surface area contributed by atoms with Crippen LogP contribution in [0.25, 0.3) is 0 Å². The molecule has 21 heavy (non-hydrogen) atoms. The lowest BCUT2D eigenvalue weighted by atomic mass is 9.95. The number of nitrogens with one attached hydrogen (secondary N) is 3. The molecular weight excluding hydrogens is 304 g/mol. The van der Waals surface area contributed by atoms with Crippen molar-refractivity contribution in [3.8, 4) is 0 Å². The molecule has 1 atom stereocenters. The van der Waals surface area contributed by atoms with Crippen molar-refractivity contribution in [1.29, 1.82) is 0 Å². The van der Waals surface area contributed by atoms with Crippen LogP contribution >= 0.6 is 12.4 Å². The van der Waals surface area contributed by atoms with Crippen LogP contribution in [0.15, 0.2) is 0 Å². The first-order chi connectivity index (χ1) is 9.46. The fourth-order valence-corrected chi connectivity index (χ4v) is 2.72. The fourth-order valence-electron chi connectivity index (χ4n) is 2.72. The van der Waals surface area contributed by atoms with Crippen LogP contribution in [0.5, 0.6) is 0 Å². The van der Waals surface area contributed by atoms with Gasteiger partial charge in [-0.3, -0.25) is 14.9 Å². The van der Waals surface area contributed by atoms with E-state index in [-0.39, 0.29) is 30.9 Å². The van der Waals surface area contributed by atoms with Gasteiger partial charge < -0.3 is 10.6 Å². The second-order valence-corrected chi connectivity index (χ2v) is 5.61. The lowest BCUT2D eigenvalue weighted by Gasteiger charge is -2.23. The van der Waals surface area contributed by atoms with E-state index >= 15 is 0 Å². The van der Waals surface area contributed by atoms with E-state index in [9.17, 15) is 18.4 Å². The van der Waals surface area contributed by atoms with Crippen molar-refractivity contribution >= 4 is 24.2 Å². The average Bonchev–Trinajstić information content (AvgIpc) is 2.78. The van der Waals surface area contributed by atoms with E-state index in [2.05, 4.69) is 16.0 Å². The number of halogens is 3. The highest BCUT2D eigenvalue weighted by Crippen LogP contribution is 2.24. The van der Waals surface area contributed by atoms with E-state index in [0.29, 0.717) is 0 Å². The van der Waals surface area contributed by atoms with Crippen molar-refractivity contribution in [2.75, 3.05) is 13.1 Å². The van der Waals surface area contributed by atoms with Gasteiger partial charge in [-0.2, -0.15) is 0 Å². The Bertz CT molecular complexity index is 376. The number of amides is 2. The van der Waals surface area contributed by atoms with Gasteiger partial charge in [-0.25, -0.2) is 8.78 Å². The normalized spacial score (nSPS) is 25.0. The maximum Gasteiger partial charge on any atom is 0.262 e. The van der Waals surface area contributed by atoms with Gasteiger partial charge in [-0.1, -0.05) is 19.3 Å². The molecule has 0 aromatic rings. The summed E-state index contributed by atoms with van der Waals surface area (Å²) in [5.74, 6) is -3.64. The monoisotopic (exact) mass is 325 g/mol. The summed E-state index contributed by atoms with van der Waals surface area (Å²) < 4.78 is 25.9. The van der Waals surface area contributed by atoms with Crippen LogP contribution in [-0.4, -0.2) is 42.9 Å². The molecule has 1 saturated heterocycles. The van der Waals surface area contributed by atoms with Crippen LogP contribution in [0, 0.1) is 0 Å². The van der Waals surface area contributed by atoms with E-state index < -0.39 is 30.8 Å². The second kappa shape index (κ2) is 7.89. The first kappa shape index (κ1) is 18.1. The highest BCUT2D eigenvalue weighted by atomic mass is 35.5. The topological polar surface area (TPSA) is 70.2 Å². The minimum absolute atomic E-state index is 0. The zero-order valence-electron chi connectivity index (χ0n) is 11.8. The van der Waals surface area contributed by atoms with Crippen molar-refractivity contribution in [1.82, 2.24) is 16.0 Å². The fraction of sp³-hybridized carbons (Fsp3) is 0.846. The summed E-state index contributed by atoms with van der Waals surface area (Å²) in [6.07, 6.45) is 4.84. The molecule has 5 nitrogen and oxygen atoms in total. The van der Waals surface area contributed by atoms with Gasteiger partial charge in [-0.15, -0.1) is 12.4 Å². The molecule has 2 aliphatic rings. The molecule has 0 spiro atoms. The minimum Gasteiger partial charge on any atom is -0.352 e. The summed E-state index contributed by atoms with van der Waals surface area (Å²) >= 11 is 0. The van der Waals surface area contributed by atoms with Gasteiger partial charge in [0, 0.05) is 12.5 Å². The highest BCUT2D eigenvalue weighted by Gasteiger charge is 2.42. The second-order valence-electron chi connectivity index (χ2n) is 5.61. The summed E-state index contributed by atoms with van der Waals surface area (Å²) in [4.78, 5) is 23.3. The van der Waals surface area contributed by atoms with Gasteiger partial charge in [0.2, 0.25) is 11.8 Å². The average molecular weight is 326 g/mol. The molecule has 1 aliphatic carbocycles. The third-order valence-corrected chi connectivity index (χ3v) is 3.82. The van der Waals surface area contributed by atoms with E-state index in [0.717, 1.165) is 25.7 Å². The SMILES string of the molecule is Cl.O=C(CNC(=O)C1CC(F)(F)CN1)NC1CCCCC1. The first-order valence-corrected chi connectivity index (χ1v) is 7.14. The minimum atomic E-state index is -2.84. The molecular formula is C13H22ClF2N3O2. The van der Waals surface area contributed by atoms with E-state index in [1.165, 1.54) is 6.42 Å². The van der Waals surface area contributed by atoms with Gasteiger partial charge in [0.25, 0.3) is 5.92 Å². The van der Waals surface area contributed by atoms with Crippen molar-refractivity contribution in [2.24, 2.45) is 0 Å². The van der Waals surface area contributed by atoms with E-state index in [1.807, 2.05) is 0 Å². The Morgan fingerprint density at radius 3 is 2.43 bits per heavy atom. The molecule has 2 amide bonds. The molecule has 2 fully saturated rings. The highest BCUT2D eigenvalue weighted by molar-refractivity contribution is 5.87. The zero-order valence-corrected chi connectivity index (χ0v) is 12.6. The largest absolute Gasteiger partial charge is 0.352 e. The molecule has 3 N–H and O–H groups in total. The molecule has 0 aromatic carbocycles. The molecule has 0 bridgehead atoms. The van der Waals surface area contributed by atoms with Gasteiger partial charge in [-0.05, 0) is 12.8 Å². The molecule has 0 radical (unpaired) electrons. The number of hydrogen-bond donors (Lipinski definition) is 3. The predicted octanol–water partition coefficient (Wildman–Crippen LogP) is 0.970. The van der Waals surface area contributed by atoms with E-state index in [4.69, 9.17) is 0 Å². The Balaban J connectivity index is 0.00000220. The quantitative estimate of drug-likeness (QED) is 0.721.